The minimum absolute atomic E-state index is 0.234. The van der Waals surface area contributed by atoms with Crippen molar-refractivity contribution >= 4 is 17.8 Å². The first kappa shape index (κ1) is 9.73. The molecule has 0 aliphatic heterocycles. The molecule has 10 heavy (non-hydrogen) atoms. The third-order valence-electron chi connectivity index (χ3n) is 1.01. The third kappa shape index (κ3) is 4.59. The summed E-state index contributed by atoms with van der Waals surface area (Å²) in [7, 11) is 0. The summed E-state index contributed by atoms with van der Waals surface area (Å²) in [5, 5.41) is 0. The number of nitrogens with zero attached hydrogens (tertiary/aromatic N) is 1. The van der Waals surface area contributed by atoms with Crippen LogP contribution in [0.15, 0.2) is 4.99 Å². The summed E-state index contributed by atoms with van der Waals surface area (Å²) < 4.78 is 0. The van der Waals surface area contributed by atoms with E-state index < -0.39 is 0 Å². The van der Waals surface area contributed by atoms with Crippen LogP contribution in [0.4, 0.5) is 0 Å². The second kappa shape index (κ2) is 4.53. The lowest BCUT2D eigenvalue weighted by atomic mass is 10.1. The summed E-state index contributed by atoms with van der Waals surface area (Å²) in [6.07, 6.45) is 1.58. The van der Waals surface area contributed by atoms with Crippen LogP contribution < -0.4 is 0 Å². The van der Waals surface area contributed by atoms with Gasteiger partial charge in [-0.3, -0.25) is 0 Å². The molecule has 0 bridgehead atoms. The van der Waals surface area contributed by atoms with Crippen LogP contribution in [0.1, 0.15) is 20.8 Å². The smallest absolute Gasteiger partial charge is 0.211 e. The molecule has 0 aliphatic carbocycles. The van der Waals surface area contributed by atoms with Crippen molar-refractivity contribution in [3.05, 3.63) is 0 Å². The highest BCUT2D eigenvalue weighted by atomic mass is 32.2. The highest BCUT2D eigenvalue weighted by molar-refractivity contribution is 7.99. The first-order chi connectivity index (χ1) is 4.62. The fraction of sp³-hybridized carbons (Fsp3) is 0.857. The highest BCUT2D eigenvalue weighted by Crippen LogP contribution is 2.15. The minimum atomic E-state index is -0.234. The molecular formula is C7H13NOS. The summed E-state index contributed by atoms with van der Waals surface area (Å²) in [5.74, 6) is 1.95. The molecule has 0 N–H and O–H groups in total. The monoisotopic (exact) mass is 159 g/mol. The van der Waals surface area contributed by atoms with Crippen LogP contribution in [0.5, 0.6) is 0 Å². The molecule has 0 unspecified atom stereocenters. The highest BCUT2D eigenvalue weighted by Gasteiger charge is 2.14. The molecule has 0 spiro atoms. The van der Waals surface area contributed by atoms with E-state index >= 15 is 0 Å². The lowest BCUT2D eigenvalue weighted by molar-refractivity contribution is 0.538. The zero-order valence-corrected chi connectivity index (χ0v) is 7.49. The molecule has 0 aromatic carbocycles. The predicted octanol–water partition coefficient (Wildman–Crippen LogP) is 1.85. The van der Waals surface area contributed by atoms with E-state index in [0.717, 1.165) is 11.5 Å². The van der Waals surface area contributed by atoms with Crippen LogP contribution in [0.3, 0.4) is 0 Å². The van der Waals surface area contributed by atoms with Crippen LogP contribution in [-0.4, -0.2) is 23.1 Å². The predicted molar refractivity (Wildman–Crippen MR) is 45.2 cm³/mol. The molecule has 0 amide bonds. The van der Waals surface area contributed by atoms with Crippen molar-refractivity contribution in [2.24, 2.45) is 4.99 Å². The van der Waals surface area contributed by atoms with Crippen LogP contribution in [-0.2, 0) is 4.79 Å². The van der Waals surface area contributed by atoms with Crippen molar-refractivity contribution in [2.45, 2.75) is 26.3 Å². The summed E-state index contributed by atoms with van der Waals surface area (Å²) in [6, 6.07) is 0. The van der Waals surface area contributed by atoms with Crippen LogP contribution in [0.25, 0.3) is 0 Å². The zero-order valence-electron chi connectivity index (χ0n) is 6.68. The summed E-state index contributed by atoms with van der Waals surface area (Å²) >= 11 is 1.78. The second-order valence-corrected chi connectivity index (χ2v) is 3.93. The normalized spacial score (nSPS) is 10.7. The summed E-state index contributed by atoms with van der Waals surface area (Å²) in [5.41, 5.74) is -0.234. The molecule has 0 aromatic rings. The summed E-state index contributed by atoms with van der Waals surface area (Å²) in [4.78, 5) is 13.6. The fourth-order valence-corrected chi connectivity index (χ4v) is 1.28. The van der Waals surface area contributed by atoms with E-state index in [1.54, 1.807) is 17.8 Å². The first-order valence-electron chi connectivity index (χ1n) is 3.29. The van der Waals surface area contributed by atoms with Gasteiger partial charge in [0.05, 0.1) is 5.54 Å². The van der Waals surface area contributed by atoms with Gasteiger partial charge in [-0.05, 0) is 19.6 Å². The van der Waals surface area contributed by atoms with E-state index in [-0.39, 0.29) is 5.54 Å². The molecule has 0 saturated carbocycles. The average molecular weight is 159 g/mol. The van der Waals surface area contributed by atoms with Crippen molar-refractivity contribution in [2.75, 3.05) is 11.5 Å². The number of isocyanates is 1. The molecular weight excluding hydrogens is 146 g/mol. The van der Waals surface area contributed by atoms with E-state index in [9.17, 15) is 4.79 Å². The van der Waals surface area contributed by atoms with Gasteiger partial charge < -0.3 is 0 Å². The molecule has 2 nitrogen and oxygen atoms in total. The Labute approximate surface area is 66.1 Å². The Morgan fingerprint density at radius 3 is 2.60 bits per heavy atom. The van der Waals surface area contributed by atoms with Crippen molar-refractivity contribution in [1.82, 2.24) is 0 Å². The van der Waals surface area contributed by atoms with E-state index in [1.807, 2.05) is 13.8 Å². The molecule has 0 rings (SSSR count). The maximum absolute atomic E-state index is 9.88. The average Bonchev–Trinajstić information content (AvgIpc) is 1.84. The van der Waals surface area contributed by atoms with Gasteiger partial charge in [0.15, 0.2) is 0 Å². The van der Waals surface area contributed by atoms with Crippen molar-refractivity contribution < 1.29 is 4.79 Å². The molecule has 58 valence electrons. The third-order valence-corrected chi connectivity index (χ3v) is 2.33. The minimum Gasteiger partial charge on any atom is -0.211 e. The molecule has 0 radical (unpaired) electrons. The Morgan fingerprint density at radius 2 is 2.20 bits per heavy atom. The number of hydrogen-bond donors (Lipinski definition) is 0. The van der Waals surface area contributed by atoms with E-state index in [1.165, 1.54) is 0 Å². The molecule has 3 heteroatoms. The molecule has 0 saturated heterocycles. The number of aliphatic imine (C=N–C) groups is 1. The van der Waals surface area contributed by atoms with Gasteiger partial charge in [-0.1, -0.05) is 6.92 Å². The lowest BCUT2D eigenvalue weighted by Gasteiger charge is -2.15. The molecule has 0 aromatic heterocycles. The van der Waals surface area contributed by atoms with Crippen molar-refractivity contribution in [3.8, 4) is 0 Å². The van der Waals surface area contributed by atoms with Crippen LogP contribution in [0, 0.1) is 0 Å². The SMILES string of the molecule is CCSCC(C)(C)N=C=O. The lowest BCUT2D eigenvalue weighted by Crippen LogP contribution is -2.19. The first-order valence-corrected chi connectivity index (χ1v) is 4.44. The number of carbonyl (C=O) groups excluding carboxylic acids is 1. The van der Waals surface area contributed by atoms with Crippen molar-refractivity contribution in [3.63, 3.8) is 0 Å². The molecule has 0 aliphatic rings. The Hall–Kier alpha value is -0.270. The van der Waals surface area contributed by atoms with Gasteiger partial charge in [-0.25, -0.2) is 4.79 Å². The van der Waals surface area contributed by atoms with Gasteiger partial charge in [-0.2, -0.15) is 16.8 Å². The number of hydrogen-bond acceptors (Lipinski definition) is 3. The number of thioether (sulfide) groups is 1. The molecule has 0 heterocycles. The maximum atomic E-state index is 9.88. The zero-order chi connectivity index (χ0) is 8.04. The number of rotatable bonds is 4. The van der Waals surface area contributed by atoms with Gasteiger partial charge >= 0.3 is 0 Å². The fourth-order valence-electron chi connectivity index (χ4n) is 0.508. The van der Waals surface area contributed by atoms with Crippen LogP contribution >= 0.6 is 11.8 Å². The maximum Gasteiger partial charge on any atom is 0.235 e. The molecule has 0 fully saturated rings. The van der Waals surface area contributed by atoms with Crippen molar-refractivity contribution in [1.29, 1.82) is 0 Å². The van der Waals surface area contributed by atoms with E-state index in [2.05, 4.69) is 11.9 Å². The standard InChI is InChI=1S/C7H13NOS/c1-4-10-5-7(2,3)8-6-9/h4-5H2,1-3H3. The summed E-state index contributed by atoms with van der Waals surface area (Å²) in [6.45, 7) is 5.95. The Morgan fingerprint density at radius 1 is 1.60 bits per heavy atom. The van der Waals surface area contributed by atoms with Gasteiger partial charge in [0.25, 0.3) is 0 Å². The van der Waals surface area contributed by atoms with Gasteiger partial charge in [-0.15, -0.1) is 0 Å². The second-order valence-electron chi connectivity index (χ2n) is 2.65. The van der Waals surface area contributed by atoms with Gasteiger partial charge in [0.1, 0.15) is 0 Å². The Balaban J connectivity index is 3.74. The molecule has 0 atom stereocenters. The van der Waals surface area contributed by atoms with E-state index in [4.69, 9.17) is 0 Å². The quantitative estimate of drug-likeness (QED) is 0.463. The van der Waals surface area contributed by atoms with E-state index in [0.29, 0.717) is 0 Å². The topological polar surface area (TPSA) is 29.4 Å². The van der Waals surface area contributed by atoms with Gasteiger partial charge in [0, 0.05) is 5.75 Å². The Bertz CT molecular complexity index is 139. The van der Waals surface area contributed by atoms with Gasteiger partial charge in [0.2, 0.25) is 6.08 Å². The largest absolute Gasteiger partial charge is 0.235 e. The van der Waals surface area contributed by atoms with Crippen LogP contribution in [0.2, 0.25) is 0 Å². The Kier molecular flexibility index (Phi) is 4.41.